The van der Waals surface area contributed by atoms with Crippen molar-refractivity contribution in [2.24, 2.45) is 0 Å². The van der Waals surface area contributed by atoms with Gasteiger partial charge in [0.2, 0.25) is 5.78 Å². The molecule has 0 bridgehead atoms. The molecule has 3 heteroatoms. The number of hydrogen-bond acceptors (Lipinski definition) is 3. The minimum absolute atomic E-state index is 0.129. The highest BCUT2D eigenvalue weighted by Crippen LogP contribution is 2.25. The van der Waals surface area contributed by atoms with Gasteiger partial charge in [-0.15, -0.1) is 0 Å². The van der Waals surface area contributed by atoms with Crippen molar-refractivity contribution < 1.29 is 14.3 Å². The van der Waals surface area contributed by atoms with E-state index in [1.165, 1.54) is 6.08 Å². The van der Waals surface area contributed by atoms with E-state index in [0.29, 0.717) is 11.1 Å². The van der Waals surface area contributed by atoms with Gasteiger partial charge in [-0.25, -0.2) is 0 Å². The third-order valence-electron chi connectivity index (χ3n) is 2.59. The van der Waals surface area contributed by atoms with Crippen molar-refractivity contribution in [2.45, 2.75) is 33.3 Å². The molecule has 0 saturated heterocycles. The van der Waals surface area contributed by atoms with Gasteiger partial charge < -0.3 is 4.74 Å². The zero-order valence-corrected chi connectivity index (χ0v) is 11.0. The van der Waals surface area contributed by atoms with Gasteiger partial charge >= 0.3 is 0 Å². The Bertz CT molecular complexity index is 560. The monoisotopic (exact) mass is 244 g/mol. The van der Waals surface area contributed by atoms with E-state index in [-0.39, 0.29) is 17.3 Å². The lowest BCUT2D eigenvalue weighted by atomic mass is 9.92. The van der Waals surface area contributed by atoms with Crippen molar-refractivity contribution in [3.63, 3.8) is 0 Å². The first-order valence-electron chi connectivity index (χ1n) is 5.88. The lowest BCUT2D eigenvalue weighted by Gasteiger charge is -2.24. The van der Waals surface area contributed by atoms with E-state index < -0.39 is 5.60 Å². The SMILES string of the molecule is Cc1ccc2c(c1)C(=O)C=C(OC(C)(C)C)C2=O. The number of carbonyl (C=O) groups is 2. The summed E-state index contributed by atoms with van der Waals surface area (Å²) in [7, 11) is 0. The normalized spacial score (nSPS) is 15.2. The number of ketones is 2. The Morgan fingerprint density at radius 3 is 2.33 bits per heavy atom. The van der Waals surface area contributed by atoms with Crippen LogP contribution >= 0.6 is 0 Å². The van der Waals surface area contributed by atoms with Gasteiger partial charge in [0.25, 0.3) is 0 Å². The highest BCUT2D eigenvalue weighted by Gasteiger charge is 2.29. The molecule has 3 nitrogen and oxygen atoms in total. The van der Waals surface area contributed by atoms with Gasteiger partial charge in [-0.2, -0.15) is 0 Å². The van der Waals surface area contributed by atoms with Crippen molar-refractivity contribution in [1.82, 2.24) is 0 Å². The maximum atomic E-state index is 12.2. The fourth-order valence-corrected chi connectivity index (χ4v) is 1.86. The fraction of sp³-hybridized carbons (Fsp3) is 0.333. The Morgan fingerprint density at radius 1 is 1.06 bits per heavy atom. The Kier molecular flexibility index (Phi) is 2.85. The molecule has 1 aliphatic carbocycles. The van der Waals surface area contributed by atoms with Crippen LogP contribution in [0.15, 0.2) is 30.0 Å². The average Bonchev–Trinajstić information content (AvgIpc) is 2.23. The van der Waals surface area contributed by atoms with Gasteiger partial charge in [0, 0.05) is 17.2 Å². The van der Waals surface area contributed by atoms with E-state index in [9.17, 15) is 9.59 Å². The Morgan fingerprint density at radius 2 is 1.72 bits per heavy atom. The highest BCUT2D eigenvalue weighted by atomic mass is 16.5. The van der Waals surface area contributed by atoms with Crippen molar-refractivity contribution in [2.75, 3.05) is 0 Å². The predicted octanol–water partition coefficient (Wildman–Crippen LogP) is 3.07. The fourth-order valence-electron chi connectivity index (χ4n) is 1.86. The summed E-state index contributed by atoms with van der Waals surface area (Å²) in [5.41, 5.74) is 1.35. The number of allylic oxidation sites excluding steroid dienone is 2. The summed E-state index contributed by atoms with van der Waals surface area (Å²) in [4.78, 5) is 24.2. The van der Waals surface area contributed by atoms with Crippen molar-refractivity contribution in [1.29, 1.82) is 0 Å². The molecule has 0 N–H and O–H groups in total. The molecule has 94 valence electrons. The largest absolute Gasteiger partial charge is 0.484 e. The molecule has 0 fully saturated rings. The molecule has 0 radical (unpaired) electrons. The number of benzene rings is 1. The molecular formula is C15H16O3. The topological polar surface area (TPSA) is 43.4 Å². The summed E-state index contributed by atoms with van der Waals surface area (Å²) in [6.45, 7) is 7.42. The molecule has 1 aromatic carbocycles. The summed E-state index contributed by atoms with van der Waals surface area (Å²) in [6.07, 6.45) is 1.29. The smallest absolute Gasteiger partial charge is 0.228 e. The highest BCUT2D eigenvalue weighted by molar-refractivity contribution is 6.23. The summed E-state index contributed by atoms with van der Waals surface area (Å²) in [5, 5.41) is 0. The first-order chi connectivity index (χ1) is 8.28. The molecule has 2 rings (SSSR count). The molecule has 0 spiro atoms. The van der Waals surface area contributed by atoms with Gasteiger partial charge in [0.15, 0.2) is 11.5 Å². The Hall–Kier alpha value is -1.90. The third-order valence-corrected chi connectivity index (χ3v) is 2.59. The standard InChI is InChI=1S/C15H16O3/c1-9-5-6-10-11(7-9)12(16)8-13(14(10)17)18-15(2,3)4/h5-8H,1-4H3. The van der Waals surface area contributed by atoms with Crippen molar-refractivity contribution >= 4 is 11.6 Å². The minimum Gasteiger partial charge on any atom is -0.484 e. The van der Waals surface area contributed by atoms with E-state index in [1.54, 1.807) is 12.1 Å². The third kappa shape index (κ3) is 2.35. The van der Waals surface area contributed by atoms with Crippen LogP contribution in [0.3, 0.4) is 0 Å². The number of carbonyl (C=O) groups excluding carboxylic acids is 2. The van der Waals surface area contributed by atoms with Crippen molar-refractivity contribution in [3.05, 3.63) is 46.7 Å². The number of hydrogen-bond donors (Lipinski definition) is 0. The first-order valence-corrected chi connectivity index (χ1v) is 5.88. The number of fused-ring (bicyclic) bond motifs is 1. The second-order valence-corrected chi connectivity index (χ2v) is 5.47. The zero-order valence-electron chi connectivity index (χ0n) is 11.0. The maximum Gasteiger partial charge on any atom is 0.228 e. The van der Waals surface area contributed by atoms with Crippen LogP contribution in [-0.2, 0) is 4.74 Å². The second kappa shape index (κ2) is 4.09. The molecule has 0 aromatic heterocycles. The van der Waals surface area contributed by atoms with Crippen LogP contribution in [0.1, 0.15) is 47.1 Å². The molecule has 1 aromatic rings. The number of Topliss-reactive ketones (excluding diaryl/α,β-unsaturated/α-hetero) is 1. The van der Waals surface area contributed by atoms with Crippen LogP contribution in [0.2, 0.25) is 0 Å². The quantitative estimate of drug-likeness (QED) is 0.762. The van der Waals surface area contributed by atoms with Crippen molar-refractivity contribution in [3.8, 4) is 0 Å². The zero-order chi connectivity index (χ0) is 13.5. The molecule has 18 heavy (non-hydrogen) atoms. The summed E-state index contributed by atoms with van der Waals surface area (Å²) in [5.74, 6) is -0.268. The van der Waals surface area contributed by atoms with Gasteiger partial charge in [0.1, 0.15) is 5.60 Å². The van der Waals surface area contributed by atoms with Crippen LogP contribution in [0.25, 0.3) is 0 Å². The van der Waals surface area contributed by atoms with E-state index in [4.69, 9.17) is 4.74 Å². The lowest BCUT2D eigenvalue weighted by molar-refractivity contribution is 0.0421. The number of ether oxygens (including phenoxy) is 1. The van der Waals surface area contributed by atoms with E-state index in [2.05, 4.69) is 0 Å². The molecule has 0 heterocycles. The van der Waals surface area contributed by atoms with Crippen LogP contribution in [-0.4, -0.2) is 17.2 Å². The summed E-state index contributed by atoms with van der Waals surface area (Å²) >= 11 is 0. The number of rotatable bonds is 1. The average molecular weight is 244 g/mol. The van der Waals surface area contributed by atoms with Crippen LogP contribution in [0.5, 0.6) is 0 Å². The first kappa shape index (κ1) is 12.6. The summed E-state index contributed by atoms with van der Waals surface area (Å²) in [6, 6.07) is 5.24. The second-order valence-electron chi connectivity index (χ2n) is 5.47. The molecule has 1 aliphatic rings. The van der Waals surface area contributed by atoms with E-state index in [0.717, 1.165) is 5.56 Å². The van der Waals surface area contributed by atoms with Gasteiger partial charge in [0.05, 0.1) is 0 Å². The van der Waals surface area contributed by atoms with Crippen LogP contribution < -0.4 is 0 Å². The summed E-state index contributed by atoms with van der Waals surface area (Å²) < 4.78 is 5.54. The maximum absolute atomic E-state index is 12.2. The minimum atomic E-state index is -0.496. The number of aryl methyl sites for hydroxylation is 1. The molecular weight excluding hydrogens is 228 g/mol. The van der Waals surface area contributed by atoms with Crippen LogP contribution in [0.4, 0.5) is 0 Å². The molecule has 0 aliphatic heterocycles. The van der Waals surface area contributed by atoms with E-state index in [1.807, 2.05) is 33.8 Å². The van der Waals surface area contributed by atoms with Gasteiger partial charge in [-0.1, -0.05) is 11.6 Å². The predicted molar refractivity (Wildman–Crippen MR) is 68.8 cm³/mol. The Balaban J connectivity index is 2.45. The van der Waals surface area contributed by atoms with Gasteiger partial charge in [-0.3, -0.25) is 9.59 Å². The molecule has 0 unspecified atom stereocenters. The molecule has 0 atom stereocenters. The van der Waals surface area contributed by atoms with Gasteiger partial charge in [-0.05, 0) is 39.8 Å². The molecule has 0 amide bonds. The Labute approximate surface area is 106 Å². The lowest BCUT2D eigenvalue weighted by Crippen LogP contribution is -2.26. The van der Waals surface area contributed by atoms with E-state index >= 15 is 0 Å². The molecule has 0 saturated carbocycles. The van der Waals surface area contributed by atoms with Crippen LogP contribution in [0, 0.1) is 6.92 Å².